The van der Waals surface area contributed by atoms with Crippen molar-refractivity contribution in [1.29, 1.82) is 0 Å². The molecule has 4 nitrogen and oxygen atoms in total. The van der Waals surface area contributed by atoms with E-state index in [0.717, 1.165) is 37.7 Å². The molecule has 1 radical (unpaired) electrons. The molecule has 24 heavy (non-hydrogen) atoms. The van der Waals surface area contributed by atoms with Gasteiger partial charge in [0.15, 0.2) is 6.29 Å². The summed E-state index contributed by atoms with van der Waals surface area (Å²) in [5, 5.41) is 0. The van der Waals surface area contributed by atoms with E-state index in [2.05, 4.69) is 19.3 Å². The topological polar surface area (TPSA) is 47.6 Å². The first-order valence-electron chi connectivity index (χ1n) is 8.81. The molecule has 1 aliphatic heterocycles. The largest absolute Gasteiger partial charge is 0.350 e. The third-order valence-corrected chi connectivity index (χ3v) is 4.14. The Labute approximate surface area is 172 Å². The first kappa shape index (κ1) is 20.0. The summed E-state index contributed by atoms with van der Waals surface area (Å²) in [6.45, 7) is 8.70. The molecule has 2 unspecified atom stereocenters. The molecule has 5 heteroatoms. The van der Waals surface area contributed by atoms with Gasteiger partial charge in [0.25, 0.3) is 0 Å². The second kappa shape index (κ2) is 11.4. The van der Waals surface area contributed by atoms with Gasteiger partial charge < -0.3 is 18.6 Å². The van der Waals surface area contributed by atoms with E-state index in [4.69, 9.17) is 10.9 Å². The predicted octanol–water partition coefficient (Wildman–Crippen LogP) is 3.63. The third-order valence-electron chi connectivity index (χ3n) is 4.14. The van der Waals surface area contributed by atoms with Crippen molar-refractivity contribution >= 4 is 5.91 Å². The van der Waals surface area contributed by atoms with E-state index in [-0.39, 0.29) is 44.9 Å². The number of ether oxygens (including phenoxy) is 1. The molecular formula is C19H27NO3Y-2. The molecule has 1 aromatic carbocycles. The standard InChI is InChI=1S/C19H27NO3.Y/c1-3-4-13-19(2,15-16-10-6-5-7-11-16)18(21)20-23-17-12-8-9-14-22-17;/h5-7,10-11,17H,1-4,8-9,12-15H2,(H,20,21);/q-2;/i5D;. The smallest absolute Gasteiger partial charge is 0.219 e. The minimum Gasteiger partial charge on any atom is -0.350 e. The summed E-state index contributed by atoms with van der Waals surface area (Å²) in [7, 11) is 0. The van der Waals surface area contributed by atoms with Crippen LogP contribution in [-0.2, 0) is 53.5 Å². The van der Waals surface area contributed by atoms with E-state index >= 15 is 0 Å². The molecule has 0 bridgehead atoms. The van der Waals surface area contributed by atoms with Crippen molar-refractivity contribution < 1.29 is 48.4 Å². The molecule has 0 aromatic heterocycles. The summed E-state index contributed by atoms with van der Waals surface area (Å²) in [6, 6.07) is 7.63. The quantitative estimate of drug-likeness (QED) is 0.529. The number of benzene rings is 1. The molecule has 0 aliphatic carbocycles. The molecule has 1 aliphatic rings. The van der Waals surface area contributed by atoms with E-state index in [1.807, 2.05) is 12.1 Å². The Morgan fingerprint density at radius 1 is 1.46 bits per heavy atom. The summed E-state index contributed by atoms with van der Waals surface area (Å²) in [4.78, 5) is 18.1. The fraction of sp³-hybridized carbons (Fsp3) is 0.526. The van der Waals surface area contributed by atoms with E-state index in [0.29, 0.717) is 25.5 Å². The molecule has 131 valence electrons. The number of nitrogens with one attached hydrogen (secondary N) is 1. The molecule has 2 rings (SSSR count). The van der Waals surface area contributed by atoms with Gasteiger partial charge in [-0.3, -0.25) is 4.79 Å². The fourth-order valence-electron chi connectivity index (χ4n) is 2.71. The van der Waals surface area contributed by atoms with Crippen molar-refractivity contribution in [3.05, 3.63) is 49.7 Å². The third kappa shape index (κ3) is 6.91. The Kier molecular flexibility index (Phi) is 9.48. The Bertz CT molecular complexity index is 520. The molecule has 1 fully saturated rings. The van der Waals surface area contributed by atoms with Crippen LogP contribution < -0.4 is 5.48 Å². The summed E-state index contributed by atoms with van der Waals surface area (Å²) in [5.41, 5.74) is 2.71. The molecule has 1 saturated heterocycles. The first-order chi connectivity index (χ1) is 11.5. The van der Waals surface area contributed by atoms with Gasteiger partial charge in [0.1, 0.15) is 0 Å². The van der Waals surface area contributed by atoms with E-state index in [9.17, 15) is 4.79 Å². The number of rotatable bonds is 8. The number of hydrogen-bond donors (Lipinski definition) is 1. The zero-order chi connectivity index (χ0) is 17.4. The summed E-state index contributed by atoms with van der Waals surface area (Å²) < 4.78 is 13.0. The maximum atomic E-state index is 12.7. The molecule has 1 heterocycles. The van der Waals surface area contributed by atoms with Gasteiger partial charge in [-0.2, -0.15) is 6.42 Å². The minimum absolute atomic E-state index is 0. The van der Waals surface area contributed by atoms with Crippen molar-refractivity contribution in [3.63, 3.8) is 0 Å². The van der Waals surface area contributed by atoms with Gasteiger partial charge in [0.2, 0.25) is 5.91 Å². The van der Waals surface area contributed by atoms with Crippen LogP contribution in [-0.4, -0.2) is 18.8 Å². The zero-order valence-electron chi connectivity index (χ0n) is 15.3. The van der Waals surface area contributed by atoms with Crippen molar-refractivity contribution in [2.24, 2.45) is 5.41 Å². The van der Waals surface area contributed by atoms with Crippen molar-refractivity contribution in [1.82, 2.24) is 5.48 Å². The Morgan fingerprint density at radius 3 is 2.83 bits per heavy atom. The van der Waals surface area contributed by atoms with Crippen LogP contribution in [0.5, 0.6) is 0 Å². The van der Waals surface area contributed by atoms with Gasteiger partial charge in [-0.05, 0) is 24.8 Å². The Hall–Kier alpha value is -0.286. The molecule has 0 saturated carbocycles. The average molecular weight is 407 g/mol. The van der Waals surface area contributed by atoms with Gasteiger partial charge in [0.05, 0.1) is 1.37 Å². The average Bonchev–Trinajstić information content (AvgIpc) is 2.61. The Balaban J connectivity index is 0.00000312. The van der Waals surface area contributed by atoms with Gasteiger partial charge in [0, 0.05) is 45.7 Å². The molecule has 0 spiro atoms. The van der Waals surface area contributed by atoms with Crippen LogP contribution in [0, 0.1) is 19.3 Å². The number of hydrogen-bond acceptors (Lipinski definition) is 3. The number of amides is 1. The monoisotopic (exact) mass is 407 g/mol. The molecule has 1 aromatic rings. The van der Waals surface area contributed by atoms with Crippen molar-refractivity contribution in [2.75, 3.05) is 6.61 Å². The van der Waals surface area contributed by atoms with Crippen LogP contribution in [0.3, 0.4) is 0 Å². The number of carbonyl (C=O) groups excluding carboxylic acids is 1. The van der Waals surface area contributed by atoms with E-state index in [1.165, 1.54) is 0 Å². The summed E-state index contributed by atoms with van der Waals surface area (Å²) in [6.07, 6.45) is 5.17. The second-order valence-electron chi connectivity index (χ2n) is 6.17. The number of unbranched alkanes of at least 4 members (excludes halogenated alkanes) is 1. The van der Waals surface area contributed by atoms with Gasteiger partial charge in [-0.25, -0.2) is 10.3 Å². The van der Waals surface area contributed by atoms with Gasteiger partial charge in [-0.15, -0.1) is 0 Å². The summed E-state index contributed by atoms with van der Waals surface area (Å²) in [5.74, 6) is -0.236. The number of hydroxylamine groups is 1. The van der Waals surface area contributed by atoms with E-state index in [1.54, 1.807) is 12.1 Å². The Morgan fingerprint density at radius 2 is 2.21 bits per heavy atom. The maximum Gasteiger partial charge on any atom is 0.219 e. The van der Waals surface area contributed by atoms with Crippen LogP contribution in [0.2, 0.25) is 0 Å². The minimum atomic E-state index is -0.824. The van der Waals surface area contributed by atoms with Gasteiger partial charge in [-0.1, -0.05) is 48.6 Å². The normalized spacial score (nSPS) is 20.4. The second-order valence-corrected chi connectivity index (χ2v) is 6.17. The van der Waals surface area contributed by atoms with Crippen molar-refractivity contribution in [2.45, 2.75) is 51.2 Å². The predicted molar refractivity (Wildman–Crippen MR) is 90.0 cm³/mol. The van der Waals surface area contributed by atoms with Gasteiger partial charge >= 0.3 is 0 Å². The van der Waals surface area contributed by atoms with Crippen LogP contribution >= 0.6 is 0 Å². The molecular weight excluding hydrogens is 379 g/mol. The molecule has 1 amide bonds. The maximum absolute atomic E-state index is 12.7. The molecule has 2 atom stereocenters. The number of carbonyl (C=O) groups is 1. The summed E-state index contributed by atoms with van der Waals surface area (Å²) >= 11 is 0. The van der Waals surface area contributed by atoms with Crippen LogP contribution in [0.15, 0.2) is 30.3 Å². The van der Waals surface area contributed by atoms with Crippen LogP contribution in [0.4, 0.5) is 0 Å². The fourth-order valence-corrected chi connectivity index (χ4v) is 2.71. The zero-order valence-corrected chi connectivity index (χ0v) is 17.1. The van der Waals surface area contributed by atoms with Crippen LogP contribution in [0.1, 0.15) is 45.5 Å². The van der Waals surface area contributed by atoms with Crippen molar-refractivity contribution in [3.8, 4) is 0 Å². The van der Waals surface area contributed by atoms with Crippen LogP contribution in [0.25, 0.3) is 0 Å². The first-order valence-corrected chi connectivity index (χ1v) is 8.31. The SMILES string of the molecule is [2H]c1ccc(CC([CH2-])(CCC[CH2-])C(=O)NOC2CCCCO2)cc1.[Y]. The molecule has 1 N–H and O–H groups in total. The van der Waals surface area contributed by atoms with E-state index < -0.39 is 5.41 Å².